The van der Waals surface area contributed by atoms with E-state index in [2.05, 4.69) is 5.32 Å². The largest absolute Gasteiger partial charge is 0.416 e. The topological polar surface area (TPSA) is 81.7 Å². The Balaban J connectivity index is 1.74. The van der Waals surface area contributed by atoms with E-state index in [4.69, 9.17) is 5.21 Å². The zero-order chi connectivity index (χ0) is 19.8. The third kappa shape index (κ3) is 4.03. The van der Waals surface area contributed by atoms with E-state index in [0.29, 0.717) is 30.2 Å². The molecule has 0 aliphatic carbocycles. The molecule has 3 N–H and O–H groups in total. The summed E-state index contributed by atoms with van der Waals surface area (Å²) in [4.78, 5) is 26.2. The first kappa shape index (κ1) is 19.1. The number of thiophene rings is 1. The number of hydroxylamine groups is 1. The first-order valence-electron chi connectivity index (χ1n) is 7.67. The highest BCUT2D eigenvalue weighted by molar-refractivity contribution is 7.14. The summed E-state index contributed by atoms with van der Waals surface area (Å²) in [5.41, 5.74) is 0.575. The molecule has 1 aliphatic heterocycles. The maximum Gasteiger partial charge on any atom is 0.416 e. The van der Waals surface area contributed by atoms with E-state index in [1.54, 1.807) is 0 Å². The average molecular weight is 403 g/mol. The second-order valence-corrected chi connectivity index (χ2v) is 6.93. The number of anilines is 1. The summed E-state index contributed by atoms with van der Waals surface area (Å²) in [5.74, 6) is -1.65. The SMILES string of the molecule is O=C(NO)c1cc2c(s1)CCN(C(=O)Nc1cc(C(F)(F)F)ccc1F)C2. The van der Waals surface area contributed by atoms with E-state index < -0.39 is 35.2 Å². The Hall–Kier alpha value is -2.66. The van der Waals surface area contributed by atoms with Crippen LogP contribution in [0.5, 0.6) is 0 Å². The zero-order valence-electron chi connectivity index (χ0n) is 13.6. The van der Waals surface area contributed by atoms with Gasteiger partial charge in [0.2, 0.25) is 0 Å². The van der Waals surface area contributed by atoms with E-state index in [9.17, 15) is 27.2 Å². The van der Waals surface area contributed by atoms with Gasteiger partial charge in [-0.2, -0.15) is 13.2 Å². The molecular weight excluding hydrogens is 390 g/mol. The van der Waals surface area contributed by atoms with Gasteiger partial charge in [0.05, 0.1) is 16.1 Å². The maximum absolute atomic E-state index is 13.8. The first-order valence-corrected chi connectivity index (χ1v) is 8.49. The number of hydrogen-bond acceptors (Lipinski definition) is 4. The second-order valence-electron chi connectivity index (χ2n) is 5.79. The van der Waals surface area contributed by atoms with Crippen LogP contribution in [0.2, 0.25) is 0 Å². The van der Waals surface area contributed by atoms with Crippen molar-refractivity contribution >= 4 is 29.0 Å². The molecule has 0 saturated heterocycles. The Labute approximate surface area is 154 Å². The van der Waals surface area contributed by atoms with Crippen molar-refractivity contribution in [3.8, 4) is 0 Å². The van der Waals surface area contributed by atoms with Gasteiger partial charge < -0.3 is 10.2 Å². The quantitative estimate of drug-likeness (QED) is 0.407. The second kappa shape index (κ2) is 7.16. The third-order valence-electron chi connectivity index (χ3n) is 4.01. The smallest absolute Gasteiger partial charge is 0.320 e. The molecule has 0 unspecified atom stereocenters. The van der Waals surface area contributed by atoms with Crippen molar-refractivity contribution in [3.05, 3.63) is 51.0 Å². The number of rotatable bonds is 2. The summed E-state index contributed by atoms with van der Waals surface area (Å²) in [7, 11) is 0. The number of urea groups is 1. The van der Waals surface area contributed by atoms with Crippen LogP contribution in [0.4, 0.5) is 28.0 Å². The van der Waals surface area contributed by atoms with Gasteiger partial charge in [0.1, 0.15) is 5.82 Å². The highest BCUT2D eigenvalue weighted by atomic mass is 32.1. The maximum atomic E-state index is 13.8. The number of halogens is 4. The molecule has 0 atom stereocenters. The molecule has 0 bridgehead atoms. The van der Waals surface area contributed by atoms with Gasteiger partial charge in [-0.1, -0.05) is 0 Å². The van der Waals surface area contributed by atoms with Crippen LogP contribution in [-0.2, 0) is 19.1 Å². The number of hydrogen-bond donors (Lipinski definition) is 3. The molecule has 3 amide bonds. The van der Waals surface area contributed by atoms with Crippen molar-refractivity contribution in [2.45, 2.75) is 19.1 Å². The fraction of sp³-hybridized carbons (Fsp3) is 0.250. The Morgan fingerprint density at radius 2 is 1.96 bits per heavy atom. The van der Waals surface area contributed by atoms with Crippen LogP contribution >= 0.6 is 11.3 Å². The van der Waals surface area contributed by atoms with Crippen LogP contribution in [0.1, 0.15) is 25.7 Å². The predicted octanol–water partition coefficient (Wildman–Crippen LogP) is 3.62. The van der Waals surface area contributed by atoms with Crippen LogP contribution in [0.15, 0.2) is 24.3 Å². The highest BCUT2D eigenvalue weighted by Crippen LogP contribution is 2.32. The molecule has 1 aliphatic rings. The standard InChI is InChI=1S/C16H13F4N3O3S/c17-10-2-1-9(16(18,19)20)6-11(10)21-15(25)23-4-3-12-8(7-23)5-13(27-12)14(24)22-26/h1-2,5-6,26H,3-4,7H2,(H,21,25)(H,22,24). The van der Waals surface area contributed by atoms with Crippen molar-refractivity contribution in [2.75, 3.05) is 11.9 Å². The van der Waals surface area contributed by atoms with Crippen molar-refractivity contribution in [2.24, 2.45) is 0 Å². The molecule has 6 nitrogen and oxygen atoms in total. The molecule has 11 heteroatoms. The highest BCUT2D eigenvalue weighted by Gasteiger charge is 2.32. The number of carbonyl (C=O) groups is 2. The van der Waals surface area contributed by atoms with E-state index in [0.717, 1.165) is 4.88 Å². The van der Waals surface area contributed by atoms with Crippen LogP contribution in [0.3, 0.4) is 0 Å². The minimum absolute atomic E-state index is 0.108. The molecule has 1 aromatic heterocycles. The minimum Gasteiger partial charge on any atom is -0.320 e. The molecule has 27 heavy (non-hydrogen) atoms. The number of alkyl halides is 3. The molecule has 3 rings (SSSR count). The lowest BCUT2D eigenvalue weighted by atomic mass is 10.1. The Morgan fingerprint density at radius 1 is 1.22 bits per heavy atom. The Bertz CT molecular complexity index is 898. The van der Waals surface area contributed by atoms with E-state index >= 15 is 0 Å². The minimum atomic E-state index is -4.66. The van der Waals surface area contributed by atoms with Crippen molar-refractivity contribution in [1.29, 1.82) is 0 Å². The molecule has 0 spiro atoms. The molecular formula is C16H13F4N3O3S. The van der Waals surface area contributed by atoms with Gasteiger partial charge in [-0.3, -0.25) is 10.0 Å². The van der Waals surface area contributed by atoms with Crippen molar-refractivity contribution < 1.29 is 32.4 Å². The van der Waals surface area contributed by atoms with Crippen molar-refractivity contribution in [3.63, 3.8) is 0 Å². The summed E-state index contributed by atoms with van der Waals surface area (Å²) < 4.78 is 52.1. The molecule has 1 aromatic carbocycles. The fourth-order valence-electron chi connectivity index (χ4n) is 2.67. The molecule has 0 radical (unpaired) electrons. The summed E-state index contributed by atoms with van der Waals surface area (Å²) in [5, 5.41) is 10.8. The van der Waals surface area contributed by atoms with Gasteiger partial charge in [-0.05, 0) is 36.2 Å². The van der Waals surface area contributed by atoms with Crippen LogP contribution in [0.25, 0.3) is 0 Å². The monoisotopic (exact) mass is 403 g/mol. The van der Waals surface area contributed by atoms with E-state index in [-0.39, 0.29) is 18.0 Å². The molecule has 0 fully saturated rings. The van der Waals surface area contributed by atoms with Gasteiger partial charge in [-0.25, -0.2) is 14.7 Å². The summed E-state index contributed by atoms with van der Waals surface area (Å²) >= 11 is 1.18. The molecule has 0 saturated carbocycles. The van der Waals surface area contributed by atoms with E-state index in [1.807, 2.05) is 0 Å². The Kier molecular flexibility index (Phi) is 5.07. The van der Waals surface area contributed by atoms with E-state index in [1.165, 1.54) is 27.8 Å². The van der Waals surface area contributed by atoms with Gasteiger partial charge >= 0.3 is 12.2 Å². The summed E-state index contributed by atoms with van der Waals surface area (Å²) in [6, 6.07) is 2.55. The van der Waals surface area contributed by atoms with Gasteiger partial charge in [0.15, 0.2) is 0 Å². The van der Waals surface area contributed by atoms with Crippen LogP contribution < -0.4 is 10.8 Å². The molecule has 2 aromatic rings. The normalized spacial score (nSPS) is 13.9. The van der Waals surface area contributed by atoms with Gasteiger partial charge in [0, 0.05) is 18.0 Å². The number of nitrogens with zero attached hydrogens (tertiary/aromatic N) is 1. The lowest BCUT2D eigenvalue weighted by molar-refractivity contribution is -0.137. The summed E-state index contributed by atoms with van der Waals surface area (Å²) in [6.45, 7) is 0.358. The Morgan fingerprint density at radius 3 is 2.63 bits per heavy atom. The summed E-state index contributed by atoms with van der Waals surface area (Å²) in [6.07, 6.45) is -4.23. The average Bonchev–Trinajstić information content (AvgIpc) is 3.05. The predicted molar refractivity (Wildman–Crippen MR) is 88.1 cm³/mol. The van der Waals surface area contributed by atoms with Gasteiger partial charge in [0.25, 0.3) is 5.91 Å². The van der Waals surface area contributed by atoms with Crippen molar-refractivity contribution in [1.82, 2.24) is 10.4 Å². The first-order chi connectivity index (χ1) is 12.7. The number of benzene rings is 1. The zero-order valence-corrected chi connectivity index (χ0v) is 14.4. The lowest BCUT2D eigenvalue weighted by Gasteiger charge is -2.27. The number of carbonyl (C=O) groups excluding carboxylic acids is 2. The number of amides is 3. The lowest BCUT2D eigenvalue weighted by Crippen LogP contribution is -2.38. The molecule has 2 heterocycles. The van der Waals surface area contributed by atoms with Crippen LogP contribution in [0, 0.1) is 5.82 Å². The van der Waals surface area contributed by atoms with Crippen LogP contribution in [-0.4, -0.2) is 28.6 Å². The number of nitrogens with one attached hydrogen (secondary N) is 2. The fourth-order valence-corrected chi connectivity index (χ4v) is 3.72. The van der Waals surface area contributed by atoms with Gasteiger partial charge in [-0.15, -0.1) is 11.3 Å². The molecule has 144 valence electrons. The number of fused-ring (bicyclic) bond motifs is 1. The third-order valence-corrected chi connectivity index (χ3v) is 5.25.